The summed E-state index contributed by atoms with van der Waals surface area (Å²) in [7, 11) is -3.68. The van der Waals surface area contributed by atoms with Crippen molar-refractivity contribution >= 4 is 49.0 Å². The number of carbonyl (C=O) groups is 1. The van der Waals surface area contributed by atoms with E-state index in [1.807, 2.05) is 18.2 Å². The number of morpholine rings is 1. The summed E-state index contributed by atoms with van der Waals surface area (Å²) in [6.45, 7) is 1.31. The Bertz CT molecular complexity index is 1220. The lowest BCUT2D eigenvalue weighted by Crippen LogP contribution is -2.40. The second-order valence-electron chi connectivity index (χ2n) is 6.68. The Labute approximate surface area is 182 Å². The van der Waals surface area contributed by atoms with Gasteiger partial charge in [0, 0.05) is 45.8 Å². The van der Waals surface area contributed by atoms with Crippen LogP contribution in [0.25, 0.3) is 10.9 Å². The number of aromatic nitrogens is 1. The Kier molecular flexibility index (Phi) is 6.00. The third kappa shape index (κ3) is 4.31. The number of halogens is 1. The molecule has 1 aliphatic rings. The van der Waals surface area contributed by atoms with E-state index in [0.717, 1.165) is 20.9 Å². The average molecular weight is 491 g/mol. The van der Waals surface area contributed by atoms with Gasteiger partial charge in [-0.15, -0.1) is 0 Å². The van der Waals surface area contributed by atoms with Crippen LogP contribution in [0.4, 0.5) is 0 Å². The number of carbonyl (C=O) groups excluding carboxylic acids is 1. The molecule has 1 aliphatic heterocycles. The second-order valence-corrected chi connectivity index (χ2v) is 9.53. The fourth-order valence-electron chi connectivity index (χ4n) is 3.18. The zero-order chi connectivity index (χ0) is 21.1. The Morgan fingerprint density at radius 3 is 2.80 bits per heavy atom. The van der Waals surface area contributed by atoms with Crippen LogP contribution in [-0.2, 0) is 14.8 Å². The first-order valence-corrected chi connectivity index (χ1v) is 11.5. The number of fused-ring (bicyclic) bond motifs is 1. The third-order valence-corrected chi connectivity index (χ3v) is 7.14. The van der Waals surface area contributed by atoms with Crippen molar-refractivity contribution in [1.29, 1.82) is 0 Å². The van der Waals surface area contributed by atoms with Crippen LogP contribution < -0.4 is 5.43 Å². The molecule has 8 nitrogen and oxygen atoms in total. The van der Waals surface area contributed by atoms with E-state index in [0.29, 0.717) is 26.3 Å². The van der Waals surface area contributed by atoms with Crippen LogP contribution in [0, 0.1) is 0 Å². The number of sulfonamides is 1. The molecule has 0 atom stereocenters. The van der Waals surface area contributed by atoms with Crippen molar-refractivity contribution in [1.82, 2.24) is 14.7 Å². The molecule has 3 aromatic rings. The minimum atomic E-state index is -3.68. The lowest BCUT2D eigenvalue weighted by atomic mass is 10.2. The van der Waals surface area contributed by atoms with Crippen molar-refractivity contribution in [2.45, 2.75) is 4.90 Å². The van der Waals surface area contributed by atoms with Crippen LogP contribution >= 0.6 is 15.9 Å². The molecule has 0 saturated carbocycles. The molecule has 2 heterocycles. The number of hydrogen-bond donors (Lipinski definition) is 2. The van der Waals surface area contributed by atoms with E-state index in [1.54, 1.807) is 18.3 Å². The molecule has 1 amide bonds. The minimum absolute atomic E-state index is 0.0718. The van der Waals surface area contributed by atoms with E-state index >= 15 is 0 Å². The summed E-state index contributed by atoms with van der Waals surface area (Å²) < 4.78 is 33.1. The Balaban J connectivity index is 1.49. The molecule has 4 rings (SSSR count). The first-order chi connectivity index (χ1) is 14.4. The fourth-order valence-corrected chi connectivity index (χ4v) is 5.00. The first-order valence-electron chi connectivity index (χ1n) is 9.23. The van der Waals surface area contributed by atoms with Crippen molar-refractivity contribution in [3.63, 3.8) is 0 Å². The molecule has 0 radical (unpaired) electrons. The topological polar surface area (TPSA) is 104 Å². The summed E-state index contributed by atoms with van der Waals surface area (Å²) in [5.41, 5.74) is 4.43. The Morgan fingerprint density at radius 2 is 2.00 bits per heavy atom. The Hall–Kier alpha value is -2.53. The molecule has 30 heavy (non-hydrogen) atoms. The highest BCUT2D eigenvalue weighted by atomic mass is 79.9. The predicted octanol–water partition coefficient (Wildman–Crippen LogP) is 2.72. The lowest BCUT2D eigenvalue weighted by Gasteiger charge is -2.26. The summed E-state index contributed by atoms with van der Waals surface area (Å²) in [6.07, 6.45) is 3.33. The normalized spacial score (nSPS) is 15.6. The third-order valence-electron chi connectivity index (χ3n) is 4.75. The van der Waals surface area contributed by atoms with Crippen LogP contribution in [0.2, 0.25) is 0 Å². The van der Waals surface area contributed by atoms with Gasteiger partial charge in [0.25, 0.3) is 5.91 Å². The first kappa shape index (κ1) is 20.7. The average Bonchev–Trinajstić information content (AvgIpc) is 3.16. The van der Waals surface area contributed by atoms with Crippen LogP contribution in [0.3, 0.4) is 0 Å². The SMILES string of the molecule is O=C(N/N=C/c1c[nH]c2ccc(Br)cc12)c1cccc(S(=O)(=O)N2CCOCC2)c1. The van der Waals surface area contributed by atoms with Gasteiger partial charge in [-0.05, 0) is 36.4 Å². The molecule has 1 aromatic heterocycles. The quantitative estimate of drug-likeness (QED) is 0.423. The van der Waals surface area contributed by atoms with E-state index in [2.05, 4.69) is 31.4 Å². The largest absolute Gasteiger partial charge is 0.379 e. The van der Waals surface area contributed by atoms with E-state index in [1.165, 1.54) is 22.7 Å². The summed E-state index contributed by atoms with van der Waals surface area (Å²) in [5.74, 6) is -0.494. The number of nitrogens with one attached hydrogen (secondary N) is 2. The molecular formula is C20H19BrN4O4S. The highest BCUT2D eigenvalue weighted by molar-refractivity contribution is 9.10. The number of H-pyrrole nitrogens is 1. The summed E-state index contributed by atoms with van der Waals surface area (Å²) in [4.78, 5) is 15.7. The van der Waals surface area contributed by atoms with Gasteiger partial charge < -0.3 is 9.72 Å². The van der Waals surface area contributed by atoms with Crippen molar-refractivity contribution in [2.24, 2.45) is 5.10 Å². The number of ether oxygens (including phenoxy) is 1. The maximum absolute atomic E-state index is 12.8. The monoisotopic (exact) mass is 490 g/mol. The van der Waals surface area contributed by atoms with E-state index in [-0.39, 0.29) is 10.5 Å². The van der Waals surface area contributed by atoms with Crippen LogP contribution in [-0.4, -0.2) is 56.1 Å². The molecule has 0 bridgehead atoms. The van der Waals surface area contributed by atoms with E-state index in [4.69, 9.17) is 4.74 Å². The molecular weight excluding hydrogens is 472 g/mol. The molecule has 0 unspecified atom stereocenters. The summed E-state index contributed by atoms with van der Waals surface area (Å²) in [5, 5.41) is 4.97. The highest BCUT2D eigenvalue weighted by Gasteiger charge is 2.26. The van der Waals surface area contributed by atoms with Crippen molar-refractivity contribution in [2.75, 3.05) is 26.3 Å². The molecule has 10 heteroatoms. The highest BCUT2D eigenvalue weighted by Crippen LogP contribution is 2.22. The van der Waals surface area contributed by atoms with Crippen LogP contribution in [0.15, 0.2) is 63.1 Å². The van der Waals surface area contributed by atoms with Gasteiger partial charge in [-0.2, -0.15) is 9.41 Å². The smallest absolute Gasteiger partial charge is 0.271 e. The van der Waals surface area contributed by atoms with Crippen molar-refractivity contribution < 1.29 is 17.9 Å². The standard InChI is InChI=1S/C20H19BrN4O4S/c21-16-4-5-19-18(11-16)15(12-22-19)13-23-24-20(26)14-2-1-3-17(10-14)30(27,28)25-6-8-29-9-7-25/h1-5,10-13,22H,6-9H2,(H,24,26)/b23-13+. The van der Waals surface area contributed by atoms with Crippen molar-refractivity contribution in [3.8, 4) is 0 Å². The van der Waals surface area contributed by atoms with Gasteiger partial charge in [0.2, 0.25) is 10.0 Å². The zero-order valence-corrected chi connectivity index (χ0v) is 18.2. The summed E-state index contributed by atoms with van der Waals surface area (Å²) in [6, 6.07) is 11.8. The van der Waals surface area contributed by atoms with Gasteiger partial charge in [-0.25, -0.2) is 13.8 Å². The number of hydrazone groups is 1. The van der Waals surface area contributed by atoms with Gasteiger partial charge >= 0.3 is 0 Å². The number of hydrogen-bond acceptors (Lipinski definition) is 5. The summed E-state index contributed by atoms with van der Waals surface area (Å²) >= 11 is 3.44. The lowest BCUT2D eigenvalue weighted by molar-refractivity contribution is 0.0730. The number of rotatable bonds is 5. The minimum Gasteiger partial charge on any atom is -0.379 e. The zero-order valence-electron chi connectivity index (χ0n) is 15.8. The van der Waals surface area contributed by atoms with Crippen LogP contribution in [0.5, 0.6) is 0 Å². The molecule has 0 spiro atoms. The van der Waals surface area contributed by atoms with Gasteiger partial charge in [0.1, 0.15) is 0 Å². The van der Waals surface area contributed by atoms with Gasteiger partial charge in [0.15, 0.2) is 0 Å². The Morgan fingerprint density at radius 1 is 1.20 bits per heavy atom. The molecule has 156 valence electrons. The van der Waals surface area contributed by atoms with Gasteiger partial charge in [0.05, 0.1) is 24.3 Å². The van der Waals surface area contributed by atoms with E-state index < -0.39 is 15.9 Å². The van der Waals surface area contributed by atoms with Gasteiger partial charge in [-0.3, -0.25) is 4.79 Å². The molecule has 1 saturated heterocycles. The second kappa shape index (κ2) is 8.68. The predicted molar refractivity (Wildman–Crippen MR) is 117 cm³/mol. The number of amides is 1. The number of benzene rings is 2. The maximum atomic E-state index is 12.8. The van der Waals surface area contributed by atoms with E-state index in [9.17, 15) is 13.2 Å². The van der Waals surface area contributed by atoms with Crippen LogP contribution in [0.1, 0.15) is 15.9 Å². The molecule has 0 aliphatic carbocycles. The molecule has 2 aromatic carbocycles. The van der Waals surface area contributed by atoms with Gasteiger partial charge in [-0.1, -0.05) is 22.0 Å². The maximum Gasteiger partial charge on any atom is 0.271 e. The molecule has 1 fully saturated rings. The molecule has 2 N–H and O–H groups in total. The fraction of sp³-hybridized carbons (Fsp3) is 0.200. The van der Waals surface area contributed by atoms with Crippen molar-refractivity contribution in [3.05, 3.63) is 64.3 Å². The number of aromatic amines is 1. The number of nitrogens with zero attached hydrogens (tertiary/aromatic N) is 2.